The van der Waals surface area contributed by atoms with Gasteiger partial charge in [-0.15, -0.1) is 0 Å². The van der Waals surface area contributed by atoms with Gasteiger partial charge in [0.05, 0.1) is 11.6 Å². The van der Waals surface area contributed by atoms with Crippen LogP contribution >= 0.6 is 0 Å². The van der Waals surface area contributed by atoms with Gasteiger partial charge in [0.15, 0.2) is 17.5 Å². The Morgan fingerprint density at radius 1 is 0.304 bits per heavy atom. The Bertz CT molecular complexity index is 3870. The van der Waals surface area contributed by atoms with E-state index >= 15 is 0 Å². The van der Waals surface area contributed by atoms with E-state index in [9.17, 15) is 5.26 Å². The zero-order valence-corrected chi connectivity index (χ0v) is 38.1. The number of hydrogen-bond donors (Lipinski definition) is 0. The molecule has 1 heterocycles. The van der Waals surface area contributed by atoms with Crippen molar-refractivity contribution in [3.05, 3.63) is 235 Å². The Hall–Kier alpha value is -9.04. The molecule has 322 valence electrons. The first kappa shape index (κ1) is 40.3. The Morgan fingerprint density at radius 3 is 1.30 bits per heavy atom. The van der Waals surface area contributed by atoms with Crippen LogP contribution in [0, 0.1) is 11.3 Å². The monoisotopic (exact) mass is 878 g/mol. The molecule has 0 saturated heterocycles. The van der Waals surface area contributed by atoms with Crippen molar-refractivity contribution in [1.82, 2.24) is 15.0 Å². The molecule has 0 bridgehead atoms. The Labute approximate surface area is 401 Å². The smallest absolute Gasteiger partial charge is 0.164 e. The molecule has 4 heteroatoms. The number of fused-ring (bicyclic) bond motifs is 6. The Kier molecular flexibility index (Phi) is 9.22. The summed E-state index contributed by atoms with van der Waals surface area (Å²) < 4.78 is 0. The summed E-state index contributed by atoms with van der Waals surface area (Å²) in [6, 6.07) is 79.9. The minimum Gasteiger partial charge on any atom is -0.208 e. The summed E-state index contributed by atoms with van der Waals surface area (Å²) in [5, 5.41) is 11.8. The molecule has 0 saturated carbocycles. The lowest BCUT2D eigenvalue weighted by Gasteiger charge is -2.21. The van der Waals surface area contributed by atoms with Crippen molar-refractivity contribution in [2.24, 2.45) is 0 Å². The van der Waals surface area contributed by atoms with Gasteiger partial charge < -0.3 is 0 Å². The third-order valence-electron chi connectivity index (χ3n) is 14.4. The van der Waals surface area contributed by atoms with Gasteiger partial charge in [0, 0.05) is 22.1 Å². The maximum Gasteiger partial charge on any atom is 0.164 e. The zero-order chi connectivity index (χ0) is 46.2. The highest BCUT2D eigenvalue weighted by atomic mass is 15.0. The first-order valence-electron chi connectivity index (χ1n) is 23.5. The second kappa shape index (κ2) is 15.8. The Morgan fingerprint density at radius 2 is 0.710 bits per heavy atom. The van der Waals surface area contributed by atoms with Crippen LogP contribution < -0.4 is 0 Å². The van der Waals surface area contributed by atoms with Crippen molar-refractivity contribution in [3.63, 3.8) is 0 Å². The molecule has 0 unspecified atom stereocenters. The molecule has 0 radical (unpaired) electrons. The minimum atomic E-state index is -0.147. The largest absolute Gasteiger partial charge is 0.208 e. The molecule has 0 atom stereocenters. The van der Waals surface area contributed by atoms with E-state index in [-0.39, 0.29) is 5.41 Å². The van der Waals surface area contributed by atoms with Crippen LogP contribution in [0.25, 0.3) is 123 Å². The van der Waals surface area contributed by atoms with Crippen LogP contribution in [-0.4, -0.2) is 15.0 Å². The van der Waals surface area contributed by atoms with E-state index in [2.05, 4.69) is 196 Å². The average Bonchev–Trinajstić information content (AvgIpc) is 3.87. The normalized spacial score (nSPS) is 12.6. The molecule has 0 spiro atoms. The molecule has 11 aromatic rings. The van der Waals surface area contributed by atoms with Gasteiger partial charge in [-0.2, -0.15) is 5.26 Å². The van der Waals surface area contributed by atoms with Gasteiger partial charge in [0.25, 0.3) is 0 Å². The highest BCUT2D eigenvalue weighted by Crippen LogP contribution is 2.53. The number of nitriles is 1. The molecule has 0 aliphatic heterocycles. The number of rotatable bonds is 7. The molecule has 0 N–H and O–H groups in total. The van der Waals surface area contributed by atoms with E-state index in [0.717, 1.165) is 50.1 Å². The van der Waals surface area contributed by atoms with Crippen LogP contribution in [0.3, 0.4) is 0 Å². The van der Waals surface area contributed by atoms with E-state index in [1.165, 1.54) is 66.4 Å². The van der Waals surface area contributed by atoms with E-state index in [1.54, 1.807) is 0 Å². The summed E-state index contributed by atoms with van der Waals surface area (Å²) in [5.41, 5.74) is 22.7. The van der Waals surface area contributed by atoms with E-state index in [0.29, 0.717) is 23.0 Å². The summed E-state index contributed by atoms with van der Waals surface area (Å²) in [4.78, 5) is 15.4. The molecule has 10 aromatic carbocycles. The molecule has 2 aliphatic rings. The van der Waals surface area contributed by atoms with Crippen molar-refractivity contribution in [2.45, 2.75) is 19.3 Å². The van der Waals surface area contributed by atoms with Crippen LogP contribution in [0.2, 0.25) is 0 Å². The number of aromatic nitrogens is 3. The molecular formula is C65H42N4. The first-order chi connectivity index (χ1) is 33.9. The van der Waals surface area contributed by atoms with Crippen molar-refractivity contribution >= 4 is 10.8 Å². The standard InChI is InChI=1S/C65H42N4/c1-65(2)58-18-9-8-17-54(58)55-32-31-49(38-59(55)65)64-68-62(45-11-4-3-5-12-45)67-63(69-64)46-29-27-44(28-30-46)51-34-36-57-53-16-7-6-15-52(53)56-35-33-50(60(51)61(56)57)43-25-23-42(24-26-43)48-14-10-13-47(37-48)41-21-19-40(39-66)20-22-41/h3-38H,1-2H3. The molecular weight excluding hydrogens is 837 g/mol. The summed E-state index contributed by atoms with van der Waals surface area (Å²) in [6.45, 7) is 4.61. The summed E-state index contributed by atoms with van der Waals surface area (Å²) in [6.07, 6.45) is 0. The van der Waals surface area contributed by atoms with Gasteiger partial charge in [0.2, 0.25) is 0 Å². The van der Waals surface area contributed by atoms with Gasteiger partial charge >= 0.3 is 0 Å². The molecule has 4 nitrogen and oxygen atoms in total. The van der Waals surface area contributed by atoms with Crippen LogP contribution in [0.5, 0.6) is 0 Å². The van der Waals surface area contributed by atoms with Crippen LogP contribution in [0.15, 0.2) is 218 Å². The fourth-order valence-electron chi connectivity index (χ4n) is 10.8. The summed E-state index contributed by atoms with van der Waals surface area (Å²) >= 11 is 0. The topological polar surface area (TPSA) is 62.5 Å². The van der Waals surface area contributed by atoms with Gasteiger partial charge in [-0.25, -0.2) is 15.0 Å². The third-order valence-corrected chi connectivity index (χ3v) is 14.4. The molecule has 1 aromatic heterocycles. The highest BCUT2D eigenvalue weighted by molar-refractivity contribution is 6.22. The quantitative estimate of drug-likeness (QED) is 0.160. The van der Waals surface area contributed by atoms with Gasteiger partial charge in [-0.1, -0.05) is 208 Å². The van der Waals surface area contributed by atoms with Gasteiger partial charge in [-0.3, -0.25) is 0 Å². The lowest BCUT2D eigenvalue weighted by molar-refractivity contribution is 0.660. The second-order valence-corrected chi connectivity index (χ2v) is 18.6. The van der Waals surface area contributed by atoms with Crippen LogP contribution in [0.4, 0.5) is 0 Å². The molecule has 69 heavy (non-hydrogen) atoms. The highest BCUT2D eigenvalue weighted by Gasteiger charge is 2.35. The van der Waals surface area contributed by atoms with Crippen molar-refractivity contribution in [1.29, 1.82) is 5.26 Å². The second-order valence-electron chi connectivity index (χ2n) is 18.6. The molecule has 13 rings (SSSR count). The number of hydrogen-bond acceptors (Lipinski definition) is 4. The van der Waals surface area contributed by atoms with E-state index in [1.807, 2.05) is 42.5 Å². The van der Waals surface area contributed by atoms with Crippen molar-refractivity contribution < 1.29 is 0 Å². The third kappa shape index (κ3) is 6.62. The summed E-state index contributed by atoms with van der Waals surface area (Å²) in [7, 11) is 0. The van der Waals surface area contributed by atoms with Gasteiger partial charge in [-0.05, 0) is 124 Å². The van der Waals surface area contributed by atoms with Crippen LogP contribution in [0.1, 0.15) is 30.5 Å². The van der Waals surface area contributed by atoms with E-state index < -0.39 is 0 Å². The SMILES string of the molecule is CC1(C)c2ccccc2-c2ccc(-c3nc(-c4ccccc4)nc(-c4ccc(-c5ccc6c7c(ccc(-c8ccc(-c9cccc(-c%10ccc(C#N)cc%10)c9)cc8)c57)-c5ccccc5-6)cc4)n3)cc21. The first-order valence-corrected chi connectivity index (χ1v) is 23.5. The van der Waals surface area contributed by atoms with Crippen molar-refractivity contribution in [3.8, 4) is 118 Å². The predicted octanol–water partition coefficient (Wildman–Crippen LogP) is 16.5. The lowest BCUT2D eigenvalue weighted by Crippen LogP contribution is -2.15. The maximum atomic E-state index is 9.32. The fraction of sp³-hybridized carbons (Fsp3) is 0.0462. The summed E-state index contributed by atoms with van der Waals surface area (Å²) in [5.74, 6) is 1.93. The number of nitrogens with zero attached hydrogens (tertiary/aromatic N) is 4. The molecule has 0 amide bonds. The lowest BCUT2D eigenvalue weighted by atomic mass is 9.82. The maximum absolute atomic E-state index is 9.32. The Balaban J connectivity index is 0.900. The van der Waals surface area contributed by atoms with Crippen LogP contribution in [-0.2, 0) is 5.41 Å². The van der Waals surface area contributed by atoms with Gasteiger partial charge in [0.1, 0.15) is 0 Å². The van der Waals surface area contributed by atoms with E-state index in [4.69, 9.17) is 15.0 Å². The average molecular weight is 879 g/mol. The number of benzene rings is 10. The predicted molar refractivity (Wildman–Crippen MR) is 282 cm³/mol. The zero-order valence-electron chi connectivity index (χ0n) is 38.1. The minimum absolute atomic E-state index is 0.147. The molecule has 0 fully saturated rings. The molecule has 2 aliphatic carbocycles. The van der Waals surface area contributed by atoms with Crippen molar-refractivity contribution in [2.75, 3.05) is 0 Å². The fourth-order valence-corrected chi connectivity index (χ4v) is 10.8.